The summed E-state index contributed by atoms with van der Waals surface area (Å²) in [7, 11) is 0. The molecule has 0 fully saturated rings. The standard InChI is InChI=1S/C55H38Cl2O3/c1-33-20-22-37(23-21-33)47-31-42(54(59)51(47)39-15-7-4-8-16-39)26-35-12-11-17-40(25-35)52-48(45-18-9-10-19-49(45)57)32-43(55(52)60)28-36-27-41(30-44(56)29-36)46-24-34(2)53(58)50(46)38-13-5-3-6-14-38/h3-23,25-30H,2,24,31-32H2,1H3/b42-26-,43-28-. The predicted octanol–water partition coefficient (Wildman–Crippen LogP) is 13.7. The number of allylic oxidation sites excluding steroid dienone is 9. The van der Waals surface area contributed by atoms with E-state index in [1.54, 1.807) is 0 Å². The van der Waals surface area contributed by atoms with E-state index in [2.05, 4.69) is 37.8 Å². The normalized spacial score (nSPS) is 17.1. The van der Waals surface area contributed by atoms with Crippen LogP contribution in [-0.2, 0) is 14.4 Å². The molecule has 290 valence electrons. The van der Waals surface area contributed by atoms with Gasteiger partial charge in [-0.1, -0.05) is 157 Å². The number of halogens is 2. The SMILES string of the molecule is C=C1CC(c2cc(Cl)cc(/C=C3/CC(c4ccccc4Cl)=C(c4cccc(/C=C5/CC(c6ccc(C)cc6)=C(c6ccccc6)C5=O)c4)C3=O)c2)=C(c2ccccc2)C1=O. The van der Waals surface area contributed by atoms with E-state index in [0.29, 0.717) is 62.7 Å². The number of ketones is 3. The first kappa shape index (κ1) is 38.8. The molecule has 0 radical (unpaired) electrons. The van der Waals surface area contributed by atoms with E-state index in [0.717, 1.165) is 66.8 Å². The van der Waals surface area contributed by atoms with E-state index in [1.165, 1.54) is 0 Å². The van der Waals surface area contributed by atoms with Crippen molar-refractivity contribution in [1.82, 2.24) is 0 Å². The fraction of sp³-hybridized carbons (Fsp3) is 0.0727. The van der Waals surface area contributed by atoms with E-state index in [4.69, 9.17) is 23.2 Å². The Hall–Kier alpha value is -6.65. The van der Waals surface area contributed by atoms with Crippen molar-refractivity contribution in [3.05, 3.63) is 235 Å². The summed E-state index contributed by atoms with van der Waals surface area (Å²) >= 11 is 13.6. The van der Waals surface area contributed by atoms with Gasteiger partial charge in [0.2, 0.25) is 0 Å². The lowest BCUT2D eigenvalue weighted by molar-refractivity contribution is -0.111. The van der Waals surface area contributed by atoms with Crippen molar-refractivity contribution in [3.63, 3.8) is 0 Å². The highest BCUT2D eigenvalue weighted by Crippen LogP contribution is 2.46. The summed E-state index contributed by atoms with van der Waals surface area (Å²) in [6.45, 7) is 6.12. The molecule has 60 heavy (non-hydrogen) atoms. The first-order chi connectivity index (χ1) is 29.1. The Labute approximate surface area is 360 Å². The molecule has 3 aliphatic rings. The van der Waals surface area contributed by atoms with Crippen LogP contribution in [0.2, 0.25) is 10.0 Å². The van der Waals surface area contributed by atoms with E-state index in [-0.39, 0.29) is 17.3 Å². The summed E-state index contributed by atoms with van der Waals surface area (Å²) in [5, 5.41) is 1.04. The van der Waals surface area contributed by atoms with Crippen LogP contribution in [0.1, 0.15) is 69.3 Å². The number of benzene rings is 6. The second-order valence-corrected chi connectivity index (χ2v) is 16.3. The lowest BCUT2D eigenvalue weighted by atomic mass is 9.94. The molecule has 0 bridgehead atoms. The van der Waals surface area contributed by atoms with Crippen LogP contribution in [0.3, 0.4) is 0 Å². The zero-order chi connectivity index (χ0) is 41.5. The molecular formula is C55H38Cl2O3. The third-order valence-electron chi connectivity index (χ3n) is 11.5. The predicted molar refractivity (Wildman–Crippen MR) is 248 cm³/mol. The Kier molecular flexibility index (Phi) is 10.5. The van der Waals surface area contributed by atoms with E-state index >= 15 is 0 Å². The van der Waals surface area contributed by atoms with Gasteiger partial charge in [-0.25, -0.2) is 0 Å². The van der Waals surface area contributed by atoms with Gasteiger partial charge in [0.15, 0.2) is 17.3 Å². The van der Waals surface area contributed by atoms with Crippen molar-refractivity contribution >= 4 is 86.1 Å². The minimum atomic E-state index is -0.114. The summed E-state index contributed by atoms with van der Waals surface area (Å²) in [4.78, 5) is 42.4. The molecule has 0 unspecified atom stereocenters. The van der Waals surface area contributed by atoms with Gasteiger partial charge in [-0.05, 0) is 116 Å². The number of carbonyl (C=O) groups is 3. The molecule has 0 atom stereocenters. The Morgan fingerprint density at radius 2 is 1.00 bits per heavy atom. The van der Waals surface area contributed by atoms with Crippen LogP contribution >= 0.6 is 23.2 Å². The average molecular weight is 818 g/mol. The van der Waals surface area contributed by atoms with Gasteiger partial charge in [-0.2, -0.15) is 0 Å². The molecule has 0 aromatic heterocycles. The second-order valence-electron chi connectivity index (χ2n) is 15.5. The van der Waals surface area contributed by atoms with Crippen molar-refractivity contribution in [2.75, 3.05) is 0 Å². The first-order valence-electron chi connectivity index (χ1n) is 19.9. The van der Waals surface area contributed by atoms with Gasteiger partial charge in [-0.3, -0.25) is 14.4 Å². The van der Waals surface area contributed by atoms with Crippen LogP contribution in [0, 0.1) is 6.92 Å². The number of hydrogen-bond acceptors (Lipinski definition) is 3. The summed E-state index contributed by atoms with van der Waals surface area (Å²) < 4.78 is 0. The summed E-state index contributed by atoms with van der Waals surface area (Å²) in [5.41, 5.74) is 14.2. The molecule has 3 aliphatic carbocycles. The van der Waals surface area contributed by atoms with Crippen LogP contribution in [0.25, 0.3) is 45.6 Å². The maximum Gasteiger partial charge on any atom is 0.190 e. The fourth-order valence-corrected chi connectivity index (χ4v) is 9.10. The zero-order valence-corrected chi connectivity index (χ0v) is 34.4. The molecule has 6 aromatic rings. The maximum atomic E-state index is 14.7. The average Bonchev–Trinajstić information content (AvgIpc) is 3.87. The molecule has 9 rings (SSSR count). The quantitative estimate of drug-likeness (QED) is 0.144. The highest BCUT2D eigenvalue weighted by molar-refractivity contribution is 6.42. The van der Waals surface area contributed by atoms with Crippen LogP contribution in [0.15, 0.2) is 175 Å². The zero-order valence-electron chi connectivity index (χ0n) is 32.9. The van der Waals surface area contributed by atoms with Crippen molar-refractivity contribution in [2.45, 2.75) is 26.2 Å². The maximum absolute atomic E-state index is 14.7. The monoisotopic (exact) mass is 816 g/mol. The molecule has 0 amide bonds. The fourth-order valence-electron chi connectivity index (χ4n) is 8.61. The number of hydrogen-bond donors (Lipinski definition) is 0. The lowest BCUT2D eigenvalue weighted by Gasteiger charge is -2.10. The third-order valence-corrected chi connectivity index (χ3v) is 12.0. The minimum absolute atomic E-state index is 0.000796. The lowest BCUT2D eigenvalue weighted by Crippen LogP contribution is -2.01. The van der Waals surface area contributed by atoms with E-state index in [9.17, 15) is 14.4 Å². The second kappa shape index (κ2) is 16.2. The van der Waals surface area contributed by atoms with Gasteiger partial charge < -0.3 is 0 Å². The third kappa shape index (κ3) is 7.43. The van der Waals surface area contributed by atoms with Crippen LogP contribution < -0.4 is 0 Å². The smallest absolute Gasteiger partial charge is 0.190 e. The highest BCUT2D eigenvalue weighted by atomic mass is 35.5. The molecule has 0 heterocycles. The molecular weight excluding hydrogens is 780 g/mol. The summed E-state index contributed by atoms with van der Waals surface area (Å²) in [6, 6.07) is 48.8. The molecule has 6 aromatic carbocycles. The Morgan fingerprint density at radius 3 is 1.67 bits per heavy atom. The molecule has 5 heteroatoms. The largest absolute Gasteiger partial charge is 0.289 e. The first-order valence-corrected chi connectivity index (χ1v) is 20.6. The summed E-state index contributed by atoms with van der Waals surface area (Å²) in [6.07, 6.45) is 5.10. The van der Waals surface area contributed by atoms with E-state index in [1.807, 2.05) is 140 Å². The van der Waals surface area contributed by atoms with Gasteiger partial charge in [0.05, 0.1) is 0 Å². The summed E-state index contributed by atoms with van der Waals surface area (Å²) in [5.74, 6) is -0.189. The molecule has 0 spiro atoms. The van der Waals surface area contributed by atoms with Gasteiger partial charge in [0.25, 0.3) is 0 Å². The van der Waals surface area contributed by atoms with Crippen LogP contribution in [-0.4, -0.2) is 17.3 Å². The number of Topliss-reactive ketones (excluding diaryl/α,β-unsaturated/α-hetero) is 3. The Morgan fingerprint density at radius 1 is 0.467 bits per heavy atom. The van der Waals surface area contributed by atoms with Crippen molar-refractivity contribution < 1.29 is 14.4 Å². The van der Waals surface area contributed by atoms with Crippen molar-refractivity contribution in [3.8, 4) is 0 Å². The van der Waals surface area contributed by atoms with Gasteiger partial charge in [0, 0.05) is 57.2 Å². The molecule has 3 nitrogen and oxygen atoms in total. The van der Waals surface area contributed by atoms with Gasteiger partial charge >= 0.3 is 0 Å². The van der Waals surface area contributed by atoms with E-state index < -0.39 is 0 Å². The highest BCUT2D eigenvalue weighted by Gasteiger charge is 2.33. The Balaban J connectivity index is 1.10. The number of carbonyl (C=O) groups excluding carboxylic acids is 3. The van der Waals surface area contributed by atoms with Crippen LogP contribution in [0.4, 0.5) is 0 Å². The number of aryl methyl sites for hydroxylation is 1. The van der Waals surface area contributed by atoms with Crippen molar-refractivity contribution in [2.24, 2.45) is 0 Å². The molecule has 0 saturated heterocycles. The van der Waals surface area contributed by atoms with Crippen molar-refractivity contribution in [1.29, 1.82) is 0 Å². The molecule has 0 saturated carbocycles. The van der Waals surface area contributed by atoms with Gasteiger partial charge in [0.1, 0.15) is 0 Å². The number of rotatable bonds is 8. The minimum Gasteiger partial charge on any atom is -0.289 e. The van der Waals surface area contributed by atoms with Gasteiger partial charge in [-0.15, -0.1) is 0 Å². The topological polar surface area (TPSA) is 51.2 Å². The van der Waals surface area contributed by atoms with Crippen LogP contribution in [0.5, 0.6) is 0 Å². The molecule has 0 N–H and O–H groups in total. The Bertz CT molecular complexity index is 2960. The molecule has 0 aliphatic heterocycles.